The van der Waals surface area contributed by atoms with Gasteiger partial charge in [0, 0.05) is 44.4 Å². The minimum atomic E-state index is -0.426. The number of nitrogens with zero attached hydrogens (tertiary/aromatic N) is 4. The molecule has 3 heterocycles. The van der Waals surface area contributed by atoms with Crippen LogP contribution in [0.4, 0.5) is 0 Å². The third kappa shape index (κ3) is 4.60. The van der Waals surface area contributed by atoms with Crippen LogP contribution in [-0.4, -0.2) is 19.5 Å². The van der Waals surface area contributed by atoms with Crippen LogP contribution in [0.5, 0.6) is 0 Å². The van der Waals surface area contributed by atoms with E-state index in [9.17, 15) is 0 Å². The van der Waals surface area contributed by atoms with Gasteiger partial charge in [-0.15, -0.1) is 0 Å². The molecule has 0 spiro atoms. The smallest absolute Gasteiger partial charge is 0.167 e. The molecule has 0 fully saturated rings. The van der Waals surface area contributed by atoms with Crippen LogP contribution in [0.15, 0.2) is 174 Å². The van der Waals surface area contributed by atoms with Crippen molar-refractivity contribution >= 4 is 43.7 Å². The first-order chi connectivity index (χ1) is 26.9. The van der Waals surface area contributed by atoms with Crippen LogP contribution in [0.2, 0.25) is 0 Å². The minimum Gasteiger partial charge on any atom is -0.455 e. The highest BCUT2D eigenvalue weighted by molar-refractivity contribution is 6.11. The second-order valence-electron chi connectivity index (χ2n) is 12.1. The molecule has 5 heteroatoms. The van der Waals surface area contributed by atoms with Gasteiger partial charge in [-0.2, -0.15) is 0 Å². The van der Waals surface area contributed by atoms with Crippen molar-refractivity contribution < 1.29 is 11.3 Å². The van der Waals surface area contributed by atoms with Crippen molar-refractivity contribution in [2.75, 3.05) is 0 Å². The molecule has 0 atom stereocenters. The number of para-hydroxylation sites is 3. The summed E-state index contributed by atoms with van der Waals surface area (Å²) in [5.74, 6) is 1.33. The maximum atomic E-state index is 8.44. The molecule has 0 unspecified atom stereocenters. The summed E-state index contributed by atoms with van der Waals surface area (Å²) in [6, 6.07) is 44.2. The van der Waals surface area contributed by atoms with Crippen LogP contribution < -0.4 is 0 Å². The fourth-order valence-electron chi connectivity index (χ4n) is 6.82. The number of rotatable bonds is 5. The van der Waals surface area contributed by atoms with Crippen LogP contribution in [-0.2, 0) is 0 Å². The van der Waals surface area contributed by atoms with Gasteiger partial charge < -0.3 is 8.98 Å². The zero-order chi connectivity index (χ0) is 37.4. The SMILES string of the molecule is [2H]c1c([2H])c([2H])c(-c2ccc(-c3nc(-c4ccccc4)nc(-c4cccc5c4oc4cc(-n6c7ccccc7c7ccccc76)ccc45)n3)cc2)c([2H])c1[2H]. The summed E-state index contributed by atoms with van der Waals surface area (Å²) < 4.78 is 50.1. The third-order valence-electron chi connectivity index (χ3n) is 9.16. The van der Waals surface area contributed by atoms with E-state index in [0.717, 1.165) is 38.6 Å². The summed E-state index contributed by atoms with van der Waals surface area (Å²) in [7, 11) is 0. The first kappa shape index (κ1) is 23.5. The van der Waals surface area contributed by atoms with Crippen LogP contribution in [0.25, 0.3) is 94.7 Å². The molecule has 0 N–H and O–H groups in total. The van der Waals surface area contributed by atoms with E-state index in [2.05, 4.69) is 71.3 Å². The van der Waals surface area contributed by atoms with Crippen molar-refractivity contribution in [3.63, 3.8) is 0 Å². The Bertz CT molecular complexity index is 3070. The van der Waals surface area contributed by atoms with Gasteiger partial charge in [0.2, 0.25) is 0 Å². The van der Waals surface area contributed by atoms with E-state index in [-0.39, 0.29) is 29.7 Å². The van der Waals surface area contributed by atoms with Gasteiger partial charge in [0.1, 0.15) is 11.2 Å². The molecule has 0 amide bonds. The molecule has 0 bridgehead atoms. The van der Waals surface area contributed by atoms with Gasteiger partial charge in [-0.05, 0) is 41.5 Å². The lowest BCUT2D eigenvalue weighted by Gasteiger charge is -2.09. The summed E-state index contributed by atoms with van der Waals surface area (Å²) in [6.45, 7) is 0. The number of fused-ring (bicyclic) bond motifs is 6. The number of furan rings is 1. The highest BCUT2D eigenvalue weighted by Crippen LogP contribution is 2.38. The minimum absolute atomic E-state index is 0.136. The normalized spacial score (nSPS) is 13.0. The molecule has 0 aliphatic rings. The first-order valence-corrected chi connectivity index (χ1v) is 16.3. The van der Waals surface area contributed by atoms with Gasteiger partial charge in [-0.25, -0.2) is 15.0 Å². The zero-order valence-electron chi connectivity index (χ0n) is 31.5. The molecule has 50 heavy (non-hydrogen) atoms. The van der Waals surface area contributed by atoms with E-state index < -0.39 is 6.04 Å². The lowest BCUT2D eigenvalue weighted by molar-refractivity contribution is 0.669. The molecule has 5 nitrogen and oxygen atoms in total. The second-order valence-corrected chi connectivity index (χ2v) is 12.1. The Morgan fingerprint density at radius 1 is 0.460 bits per heavy atom. The van der Waals surface area contributed by atoms with E-state index in [0.29, 0.717) is 39.7 Å². The van der Waals surface area contributed by atoms with Crippen molar-refractivity contribution in [2.45, 2.75) is 0 Å². The maximum Gasteiger partial charge on any atom is 0.167 e. The van der Waals surface area contributed by atoms with Gasteiger partial charge in [-0.1, -0.05) is 133 Å². The van der Waals surface area contributed by atoms with Gasteiger partial charge >= 0.3 is 0 Å². The molecular weight excluding hydrogens is 613 g/mol. The second kappa shape index (κ2) is 11.4. The summed E-state index contributed by atoms with van der Waals surface area (Å²) in [6.07, 6.45) is 0. The Labute approximate surface area is 294 Å². The zero-order valence-corrected chi connectivity index (χ0v) is 26.5. The highest BCUT2D eigenvalue weighted by Gasteiger charge is 2.19. The Kier molecular flexibility index (Phi) is 5.35. The maximum absolute atomic E-state index is 8.44. The molecule has 10 rings (SSSR count). The summed E-state index contributed by atoms with van der Waals surface area (Å²) in [5, 5.41) is 4.29. The number of benzene rings is 7. The van der Waals surface area contributed by atoms with E-state index >= 15 is 0 Å². The van der Waals surface area contributed by atoms with E-state index in [1.165, 1.54) is 10.8 Å². The molecule has 0 radical (unpaired) electrons. The van der Waals surface area contributed by atoms with E-state index in [1.807, 2.05) is 48.5 Å². The number of aromatic nitrogens is 4. The first-order valence-electron chi connectivity index (χ1n) is 18.8. The van der Waals surface area contributed by atoms with Gasteiger partial charge in [0.25, 0.3) is 0 Å². The molecule has 3 aromatic heterocycles. The quantitative estimate of drug-likeness (QED) is 0.187. The Balaban J connectivity index is 1.12. The molecule has 10 aromatic rings. The van der Waals surface area contributed by atoms with Crippen molar-refractivity contribution in [3.8, 4) is 51.0 Å². The standard InChI is InChI=1S/C45H28N4O/c1-3-12-29(13-4-1)30-22-24-32(25-23-30)44-46-43(31-14-5-2-6-15-31)47-45(48-44)38-19-11-18-37-36-27-26-33(28-41(36)50-42(37)38)49-39-20-9-7-16-34(39)35-17-8-10-21-40(35)49/h1-28H/i1D,3D,4D,12D,13D. The summed E-state index contributed by atoms with van der Waals surface area (Å²) in [4.78, 5) is 14.8. The van der Waals surface area contributed by atoms with Crippen molar-refractivity contribution in [2.24, 2.45) is 0 Å². The van der Waals surface area contributed by atoms with Crippen LogP contribution in [0.3, 0.4) is 0 Å². The van der Waals surface area contributed by atoms with Gasteiger partial charge in [-0.3, -0.25) is 0 Å². The number of hydrogen-bond donors (Lipinski definition) is 0. The fourth-order valence-corrected chi connectivity index (χ4v) is 6.82. The number of hydrogen-bond acceptors (Lipinski definition) is 4. The summed E-state index contributed by atoms with van der Waals surface area (Å²) in [5.41, 5.74) is 7.45. The molecule has 0 saturated carbocycles. The predicted octanol–water partition coefficient (Wildman–Crippen LogP) is 11.5. The predicted molar refractivity (Wildman–Crippen MR) is 203 cm³/mol. The van der Waals surface area contributed by atoms with E-state index in [1.54, 1.807) is 24.3 Å². The fraction of sp³-hybridized carbons (Fsp3) is 0. The van der Waals surface area contributed by atoms with Crippen molar-refractivity contribution in [1.29, 1.82) is 0 Å². The van der Waals surface area contributed by atoms with Gasteiger partial charge in [0.05, 0.1) is 23.5 Å². The Hall–Kier alpha value is -6.85. The lowest BCUT2D eigenvalue weighted by Crippen LogP contribution is -2.00. The van der Waals surface area contributed by atoms with E-state index in [4.69, 9.17) is 26.2 Å². The summed E-state index contributed by atoms with van der Waals surface area (Å²) >= 11 is 0. The van der Waals surface area contributed by atoms with Gasteiger partial charge in [0.15, 0.2) is 17.5 Å². The highest BCUT2D eigenvalue weighted by atomic mass is 16.3. The van der Waals surface area contributed by atoms with Crippen molar-refractivity contribution in [3.05, 3.63) is 170 Å². The third-order valence-corrected chi connectivity index (χ3v) is 9.16. The largest absolute Gasteiger partial charge is 0.455 e. The lowest BCUT2D eigenvalue weighted by atomic mass is 10.0. The Morgan fingerprint density at radius 2 is 1.06 bits per heavy atom. The molecule has 0 aliphatic heterocycles. The van der Waals surface area contributed by atoms with Crippen LogP contribution in [0.1, 0.15) is 6.85 Å². The van der Waals surface area contributed by atoms with Crippen LogP contribution in [0, 0.1) is 0 Å². The average molecular weight is 646 g/mol. The Morgan fingerprint density at radius 3 is 1.78 bits per heavy atom. The molecule has 0 saturated heterocycles. The van der Waals surface area contributed by atoms with Crippen LogP contribution >= 0.6 is 0 Å². The molecule has 0 aliphatic carbocycles. The molecular formula is C45H28N4O. The molecule has 7 aromatic carbocycles. The monoisotopic (exact) mass is 645 g/mol. The van der Waals surface area contributed by atoms with Crippen molar-refractivity contribution in [1.82, 2.24) is 19.5 Å². The molecule has 234 valence electrons. The average Bonchev–Trinajstić information content (AvgIpc) is 3.78. The topological polar surface area (TPSA) is 56.7 Å².